The third-order valence-electron chi connectivity index (χ3n) is 4.52. The van der Waals surface area contributed by atoms with Crippen molar-refractivity contribution >= 4 is 11.6 Å². The number of ether oxygens (including phenoxy) is 1. The fraction of sp³-hybridized carbons (Fsp3) is 0.0909. The highest BCUT2D eigenvalue weighted by atomic mass is 19.1. The molecule has 2 aromatic heterocycles. The van der Waals surface area contributed by atoms with Crippen molar-refractivity contribution in [2.75, 3.05) is 7.11 Å². The van der Waals surface area contributed by atoms with Crippen LogP contribution in [-0.2, 0) is 6.54 Å². The number of hydrogen-bond donors (Lipinski definition) is 1. The molecule has 7 heteroatoms. The molecular formula is C22H17F2N3O2. The summed E-state index contributed by atoms with van der Waals surface area (Å²) in [6.07, 6.45) is 3.36. The Balaban J connectivity index is 1.57. The highest BCUT2D eigenvalue weighted by Crippen LogP contribution is 2.30. The fourth-order valence-corrected chi connectivity index (χ4v) is 3.04. The number of carbonyl (C=O) groups excluding carboxylic acids is 1. The lowest BCUT2D eigenvalue weighted by molar-refractivity contribution is 0.0946. The number of nitrogens with one attached hydrogen (secondary N) is 1. The van der Waals surface area contributed by atoms with Gasteiger partial charge in [-0.1, -0.05) is 12.1 Å². The lowest BCUT2D eigenvalue weighted by atomic mass is 10.1. The summed E-state index contributed by atoms with van der Waals surface area (Å²) in [5.41, 5.74) is 2.94. The van der Waals surface area contributed by atoms with Crippen molar-refractivity contribution in [3.05, 3.63) is 89.9 Å². The summed E-state index contributed by atoms with van der Waals surface area (Å²) in [5.74, 6) is -0.496. The molecule has 2 heterocycles. The molecule has 0 radical (unpaired) electrons. The van der Waals surface area contributed by atoms with Crippen LogP contribution in [0.1, 0.15) is 16.1 Å². The Labute approximate surface area is 165 Å². The summed E-state index contributed by atoms with van der Waals surface area (Å²) in [6, 6.07) is 13.7. The number of rotatable bonds is 5. The Morgan fingerprint density at radius 1 is 1.03 bits per heavy atom. The second kappa shape index (κ2) is 7.71. The molecule has 4 aromatic rings. The topological polar surface area (TPSA) is 55.6 Å². The maximum absolute atomic E-state index is 13.7. The maximum atomic E-state index is 13.7. The molecule has 1 amide bonds. The Kier molecular flexibility index (Phi) is 4.95. The molecule has 2 aromatic carbocycles. The zero-order chi connectivity index (χ0) is 20.4. The number of benzene rings is 2. The van der Waals surface area contributed by atoms with Gasteiger partial charge in [0.2, 0.25) is 0 Å². The lowest BCUT2D eigenvalue weighted by Gasteiger charge is -2.09. The predicted molar refractivity (Wildman–Crippen MR) is 105 cm³/mol. The minimum absolute atomic E-state index is 0.246. The summed E-state index contributed by atoms with van der Waals surface area (Å²) in [4.78, 5) is 16.7. The number of hydrogen-bond acceptors (Lipinski definition) is 3. The van der Waals surface area contributed by atoms with E-state index in [9.17, 15) is 13.6 Å². The monoisotopic (exact) mass is 393 g/mol. The van der Waals surface area contributed by atoms with Gasteiger partial charge in [-0.3, -0.25) is 4.79 Å². The average molecular weight is 393 g/mol. The fourth-order valence-electron chi connectivity index (χ4n) is 3.04. The van der Waals surface area contributed by atoms with Gasteiger partial charge in [0.05, 0.1) is 7.11 Å². The van der Waals surface area contributed by atoms with E-state index >= 15 is 0 Å². The van der Waals surface area contributed by atoms with Gasteiger partial charge in [-0.05, 0) is 48.0 Å². The number of pyridine rings is 1. The van der Waals surface area contributed by atoms with Gasteiger partial charge in [0.15, 0.2) is 0 Å². The normalized spacial score (nSPS) is 10.9. The molecule has 4 rings (SSSR count). The van der Waals surface area contributed by atoms with Gasteiger partial charge in [-0.2, -0.15) is 0 Å². The van der Waals surface area contributed by atoms with Gasteiger partial charge in [0.1, 0.15) is 28.7 Å². The van der Waals surface area contributed by atoms with Gasteiger partial charge in [-0.25, -0.2) is 13.8 Å². The third-order valence-corrected chi connectivity index (χ3v) is 4.52. The van der Waals surface area contributed by atoms with Crippen molar-refractivity contribution in [3.8, 4) is 16.9 Å². The molecule has 1 N–H and O–H groups in total. The number of halogens is 2. The van der Waals surface area contributed by atoms with Gasteiger partial charge in [-0.15, -0.1) is 0 Å². The number of fused-ring (bicyclic) bond motifs is 1. The maximum Gasteiger partial charge on any atom is 0.271 e. The third kappa shape index (κ3) is 3.94. The SMILES string of the molecule is COc1ccc(F)cc1-c1ccc2nc(C(=O)NCc3ccc(F)cc3)cn2c1. The van der Waals surface area contributed by atoms with Crippen LogP contribution < -0.4 is 10.1 Å². The number of carbonyl (C=O) groups is 1. The number of methoxy groups -OCH3 is 1. The summed E-state index contributed by atoms with van der Waals surface area (Å²) < 4.78 is 33.7. The summed E-state index contributed by atoms with van der Waals surface area (Å²) >= 11 is 0. The van der Waals surface area contributed by atoms with Crippen LogP contribution >= 0.6 is 0 Å². The number of nitrogens with zero attached hydrogens (tertiary/aromatic N) is 2. The van der Waals surface area contributed by atoms with Crippen molar-refractivity contribution in [2.24, 2.45) is 0 Å². The zero-order valence-electron chi connectivity index (χ0n) is 15.5. The highest BCUT2D eigenvalue weighted by molar-refractivity contribution is 5.92. The van der Waals surface area contributed by atoms with Crippen LogP contribution in [0.2, 0.25) is 0 Å². The first-order valence-corrected chi connectivity index (χ1v) is 8.89. The first kappa shape index (κ1) is 18.6. The number of aromatic nitrogens is 2. The van der Waals surface area contributed by atoms with E-state index in [1.165, 1.54) is 31.4 Å². The first-order chi connectivity index (χ1) is 14.0. The Bertz CT molecular complexity index is 1190. The molecule has 5 nitrogen and oxygen atoms in total. The predicted octanol–water partition coefficient (Wildman–Crippen LogP) is 4.22. The van der Waals surface area contributed by atoms with Gasteiger partial charge in [0.25, 0.3) is 5.91 Å². The summed E-state index contributed by atoms with van der Waals surface area (Å²) in [6.45, 7) is 0.263. The van der Waals surface area contributed by atoms with Crippen LogP contribution in [-0.4, -0.2) is 22.4 Å². The molecule has 0 saturated carbocycles. The van der Waals surface area contributed by atoms with Gasteiger partial charge in [0, 0.05) is 30.1 Å². The van der Waals surface area contributed by atoms with Crippen molar-refractivity contribution in [3.63, 3.8) is 0 Å². The first-order valence-electron chi connectivity index (χ1n) is 8.89. The molecule has 0 spiro atoms. The quantitative estimate of drug-likeness (QED) is 0.552. The van der Waals surface area contributed by atoms with Crippen LogP contribution in [0.15, 0.2) is 67.0 Å². The van der Waals surface area contributed by atoms with Crippen molar-refractivity contribution < 1.29 is 18.3 Å². The van der Waals surface area contributed by atoms with E-state index in [2.05, 4.69) is 10.3 Å². The van der Waals surface area contributed by atoms with Crippen LogP contribution in [0.25, 0.3) is 16.8 Å². The molecule has 0 aliphatic heterocycles. The van der Waals surface area contributed by atoms with Gasteiger partial charge >= 0.3 is 0 Å². The van der Waals surface area contributed by atoms with Crippen molar-refractivity contribution in [1.82, 2.24) is 14.7 Å². The summed E-state index contributed by atoms with van der Waals surface area (Å²) in [7, 11) is 1.52. The van der Waals surface area contributed by atoms with E-state index in [-0.39, 0.29) is 29.8 Å². The second-order valence-electron chi connectivity index (χ2n) is 6.46. The highest BCUT2D eigenvalue weighted by Gasteiger charge is 2.13. The molecule has 0 atom stereocenters. The minimum Gasteiger partial charge on any atom is -0.496 e. The van der Waals surface area contributed by atoms with E-state index in [0.29, 0.717) is 17.0 Å². The standard InChI is InChI=1S/C22H17F2N3O2/c1-29-20-8-7-17(24)10-18(20)15-4-9-21-26-19(13-27(21)12-15)22(28)25-11-14-2-5-16(23)6-3-14/h2-10,12-13H,11H2,1H3,(H,25,28). The van der Waals surface area contributed by atoms with E-state index in [1.54, 1.807) is 47.1 Å². The molecule has 29 heavy (non-hydrogen) atoms. The molecule has 0 aliphatic carbocycles. The molecule has 0 fully saturated rings. The van der Waals surface area contributed by atoms with E-state index in [0.717, 1.165) is 11.1 Å². The zero-order valence-corrected chi connectivity index (χ0v) is 15.5. The van der Waals surface area contributed by atoms with Crippen LogP contribution in [0.5, 0.6) is 5.75 Å². The molecule has 0 bridgehead atoms. The van der Waals surface area contributed by atoms with Crippen LogP contribution in [0.4, 0.5) is 8.78 Å². The minimum atomic E-state index is -0.368. The van der Waals surface area contributed by atoms with Crippen LogP contribution in [0.3, 0.4) is 0 Å². The number of imidazole rings is 1. The Morgan fingerprint density at radius 2 is 1.79 bits per heavy atom. The molecule has 0 saturated heterocycles. The molecular weight excluding hydrogens is 376 g/mol. The van der Waals surface area contributed by atoms with E-state index < -0.39 is 0 Å². The van der Waals surface area contributed by atoms with E-state index in [4.69, 9.17) is 4.74 Å². The lowest BCUT2D eigenvalue weighted by Crippen LogP contribution is -2.23. The van der Waals surface area contributed by atoms with E-state index in [1.807, 2.05) is 0 Å². The second-order valence-corrected chi connectivity index (χ2v) is 6.46. The Hall–Kier alpha value is -3.74. The smallest absolute Gasteiger partial charge is 0.271 e. The molecule has 0 aliphatic rings. The van der Waals surface area contributed by atoms with Crippen molar-refractivity contribution in [1.29, 1.82) is 0 Å². The molecule has 146 valence electrons. The Morgan fingerprint density at radius 3 is 2.55 bits per heavy atom. The van der Waals surface area contributed by atoms with Crippen LogP contribution in [0, 0.1) is 11.6 Å². The average Bonchev–Trinajstić information content (AvgIpc) is 3.16. The largest absolute Gasteiger partial charge is 0.496 e. The summed E-state index contributed by atoms with van der Waals surface area (Å²) in [5, 5.41) is 2.76. The number of amides is 1. The van der Waals surface area contributed by atoms with Crippen molar-refractivity contribution in [2.45, 2.75) is 6.54 Å². The van der Waals surface area contributed by atoms with Gasteiger partial charge < -0.3 is 14.5 Å². The molecule has 0 unspecified atom stereocenters.